The highest BCUT2D eigenvalue weighted by atomic mass is 32.2. The van der Waals surface area contributed by atoms with Gasteiger partial charge in [-0.15, -0.1) is 0 Å². The van der Waals surface area contributed by atoms with Crippen molar-refractivity contribution < 1.29 is 17.9 Å². The van der Waals surface area contributed by atoms with Gasteiger partial charge in [0.25, 0.3) is 5.91 Å². The van der Waals surface area contributed by atoms with Gasteiger partial charge in [0, 0.05) is 18.2 Å². The Bertz CT molecular complexity index is 831. The summed E-state index contributed by atoms with van der Waals surface area (Å²) in [6.45, 7) is 0.395. The summed E-state index contributed by atoms with van der Waals surface area (Å²) in [5.41, 5.74) is 1.51. The van der Waals surface area contributed by atoms with Crippen LogP contribution in [0.1, 0.15) is 22.3 Å². The number of amides is 1. The number of carbonyl (C=O) groups excluding carboxylic acids is 1. The number of methoxy groups -OCH3 is 1. The van der Waals surface area contributed by atoms with E-state index in [0.29, 0.717) is 24.3 Å². The summed E-state index contributed by atoms with van der Waals surface area (Å²) in [5, 5.41) is 0. The zero-order valence-electron chi connectivity index (χ0n) is 14.1. The van der Waals surface area contributed by atoms with Crippen molar-refractivity contribution in [3.8, 4) is 5.75 Å². The predicted molar refractivity (Wildman–Crippen MR) is 96.4 cm³/mol. The predicted octanol–water partition coefficient (Wildman–Crippen LogP) is 2.52. The topological polar surface area (TPSA) is 63.7 Å². The minimum Gasteiger partial charge on any atom is -0.497 e. The highest BCUT2D eigenvalue weighted by molar-refractivity contribution is 7.91. The molecular weight excluding hydrogens is 338 g/mol. The molecule has 1 unspecified atom stereocenters. The quantitative estimate of drug-likeness (QED) is 0.823. The zero-order valence-corrected chi connectivity index (χ0v) is 14.9. The summed E-state index contributed by atoms with van der Waals surface area (Å²) >= 11 is 0. The summed E-state index contributed by atoms with van der Waals surface area (Å²) in [6, 6.07) is 16.2. The van der Waals surface area contributed by atoms with Crippen molar-refractivity contribution >= 4 is 15.7 Å². The molecule has 2 aromatic carbocycles. The summed E-state index contributed by atoms with van der Waals surface area (Å²) in [4.78, 5) is 14.7. The molecular formula is C19H21NO4S. The van der Waals surface area contributed by atoms with Crippen LogP contribution in [-0.4, -0.2) is 43.9 Å². The summed E-state index contributed by atoms with van der Waals surface area (Å²) in [6.07, 6.45) is 0.483. The van der Waals surface area contributed by atoms with Gasteiger partial charge in [-0.3, -0.25) is 4.79 Å². The van der Waals surface area contributed by atoms with Crippen LogP contribution in [0.3, 0.4) is 0 Å². The summed E-state index contributed by atoms with van der Waals surface area (Å²) in [7, 11) is -1.50. The summed E-state index contributed by atoms with van der Waals surface area (Å²) in [5.74, 6) is 0.684. The van der Waals surface area contributed by atoms with Gasteiger partial charge < -0.3 is 9.64 Å². The van der Waals surface area contributed by atoms with Crippen LogP contribution < -0.4 is 4.74 Å². The van der Waals surface area contributed by atoms with E-state index in [1.807, 2.05) is 30.3 Å². The number of sulfone groups is 1. The molecule has 3 rings (SSSR count). The van der Waals surface area contributed by atoms with Crippen molar-refractivity contribution in [2.75, 3.05) is 18.6 Å². The Morgan fingerprint density at radius 2 is 1.80 bits per heavy atom. The molecule has 1 saturated heterocycles. The van der Waals surface area contributed by atoms with E-state index in [1.165, 1.54) is 0 Å². The van der Waals surface area contributed by atoms with Gasteiger partial charge >= 0.3 is 0 Å². The van der Waals surface area contributed by atoms with E-state index >= 15 is 0 Å². The van der Waals surface area contributed by atoms with Gasteiger partial charge in [-0.2, -0.15) is 0 Å². The molecule has 0 aromatic heterocycles. The highest BCUT2D eigenvalue weighted by Gasteiger charge is 2.35. The fourth-order valence-electron chi connectivity index (χ4n) is 3.07. The van der Waals surface area contributed by atoms with Crippen LogP contribution in [0.2, 0.25) is 0 Å². The molecule has 1 atom stereocenters. The molecule has 0 saturated carbocycles. The van der Waals surface area contributed by atoms with E-state index in [9.17, 15) is 13.2 Å². The lowest BCUT2D eigenvalue weighted by Gasteiger charge is -2.28. The molecule has 1 aliphatic heterocycles. The van der Waals surface area contributed by atoms with Crippen LogP contribution in [0.15, 0.2) is 54.6 Å². The van der Waals surface area contributed by atoms with Gasteiger partial charge in [0.2, 0.25) is 0 Å². The number of hydrogen-bond acceptors (Lipinski definition) is 4. The molecule has 132 valence electrons. The van der Waals surface area contributed by atoms with Crippen molar-refractivity contribution in [1.82, 2.24) is 4.90 Å². The Balaban J connectivity index is 1.88. The van der Waals surface area contributed by atoms with Gasteiger partial charge in [0.05, 0.1) is 18.6 Å². The molecule has 0 radical (unpaired) electrons. The lowest BCUT2D eigenvalue weighted by Crippen LogP contribution is -2.40. The van der Waals surface area contributed by atoms with Crippen LogP contribution in [0, 0.1) is 0 Å². The van der Waals surface area contributed by atoms with E-state index in [2.05, 4.69) is 0 Å². The van der Waals surface area contributed by atoms with Crippen molar-refractivity contribution in [3.63, 3.8) is 0 Å². The first-order valence-electron chi connectivity index (χ1n) is 8.18. The number of carbonyl (C=O) groups is 1. The normalized spacial score (nSPS) is 18.7. The van der Waals surface area contributed by atoms with Crippen LogP contribution >= 0.6 is 0 Å². The van der Waals surface area contributed by atoms with Crippen molar-refractivity contribution in [1.29, 1.82) is 0 Å². The van der Waals surface area contributed by atoms with E-state index in [-0.39, 0.29) is 23.5 Å². The van der Waals surface area contributed by atoms with E-state index in [4.69, 9.17) is 4.74 Å². The van der Waals surface area contributed by atoms with E-state index in [1.54, 1.807) is 36.3 Å². The minimum absolute atomic E-state index is 0.0295. The SMILES string of the molecule is COc1ccc(C(=O)N(Cc2ccccc2)C2CCS(=O)(=O)C2)cc1. The Morgan fingerprint density at radius 1 is 1.12 bits per heavy atom. The molecule has 0 N–H and O–H groups in total. The number of hydrogen-bond donors (Lipinski definition) is 0. The molecule has 1 heterocycles. The average Bonchev–Trinajstić information content (AvgIpc) is 2.99. The maximum absolute atomic E-state index is 13.0. The van der Waals surface area contributed by atoms with Crippen molar-refractivity contribution in [3.05, 3.63) is 65.7 Å². The fourth-order valence-corrected chi connectivity index (χ4v) is 4.80. The number of benzene rings is 2. The number of ether oxygens (including phenoxy) is 1. The smallest absolute Gasteiger partial charge is 0.254 e. The van der Waals surface area contributed by atoms with Gasteiger partial charge in [0.15, 0.2) is 9.84 Å². The first kappa shape index (κ1) is 17.5. The highest BCUT2D eigenvalue weighted by Crippen LogP contribution is 2.23. The molecule has 6 heteroatoms. The van der Waals surface area contributed by atoms with E-state index < -0.39 is 9.84 Å². The molecule has 1 amide bonds. The maximum atomic E-state index is 13.0. The second kappa shape index (κ2) is 7.27. The third kappa shape index (κ3) is 4.20. The van der Waals surface area contributed by atoms with Gasteiger partial charge in [-0.25, -0.2) is 8.42 Å². The molecule has 0 aliphatic carbocycles. The molecule has 0 spiro atoms. The zero-order chi connectivity index (χ0) is 17.9. The van der Waals surface area contributed by atoms with Crippen LogP contribution in [0.4, 0.5) is 0 Å². The second-order valence-electron chi connectivity index (χ2n) is 6.20. The van der Waals surface area contributed by atoms with Gasteiger partial charge in [-0.05, 0) is 36.2 Å². The lowest BCUT2D eigenvalue weighted by atomic mass is 10.1. The fraction of sp³-hybridized carbons (Fsp3) is 0.316. The maximum Gasteiger partial charge on any atom is 0.254 e. The molecule has 2 aromatic rings. The molecule has 1 aliphatic rings. The first-order valence-corrected chi connectivity index (χ1v) is 10.00. The minimum atomic E-state index is -3.07. The van der Waals surface area contributed by atoms with Crippen molar-refractivity contribution in [2.24, 2.45) is 0 Å². The lowest BCUT2D eigenvalue weighted by molar-refractivity contribution is 0.0681. The standard InChI is InChI=1S/C19H21NO4S/c1-24-18-9-7-16(8-10-18)19(21)20(13-15-5-3-2-4-6-15)17-11-12-25(22,23)14-17/h2-10,17H,11-14H2,1H3. The van der Waals surface area contributed by atoms with Gasteiger partial charge in [-0.1, -0.05) is 30.3 Å². The Kier molecular flexibility index (Phi) is 5.08. The molecule has 25 heavy (non-hydrogen) atoms. The van der Waals surface area contributed by atoms with Crippen LogP contribution in [-0.2, 0) is 16.4 Å². The number of nitrogens with zero attached hydrogens (tertiary/aromatic N) is 1. The second-order valence-corrected chi connectivity index (χ2v) is 8.43. The van der Waals surface area contributed by atoms with Crippen LogP contribution in [0.25, 0.3) is 0 Å². The first-order chi connectivity index (χ1) is 12.0. The van der Waals surface area contributed by atoms with Gasteiger partial charge in [0.1, 0.15) is 5.75 Å². The molecule has 0 bridgehead atoms. The largest absolute Gasteiger partial charge is 0.497 e. The Labute approximate surface area is 148 Å². The molecule has 1 fully saturated rings. The third-order valence-electron chi connectivity index (χ3n) is 4.44. The van der Waals surface area contributed by atoms with E-state index in [0.717, 1.165) is 5.56 Å². The number of rotatable bonds is 5. The average molecular weight is 359 g/mol. The Morgan fingerprint density at radius 3 is 2.36 bits per heavy atom. The van der Waals surface area contributed by atoms with Crippen molar-refractivity contribution in [2.45, 2.75) is 19.0 Å². The van der Waals surface area contributed by atoms with Crippen LogP contribution in [0.5, 0.6) is 5.75 Å². The summed E-state index contributed by atoms with van der Waals surface area (Å²) < 4.78 is 28.9. The monoisotopic (exact) mass is 359 g/mol. The third-order valence-corrected chi connectivity index (χ3v) is 6.19. The Hall–Kier alpha value is -2.34. The molecule has 5 nitrogen and oxygen atoms in total.